The molecule has 0 unspecified atom stereocenters. The molecule has 0 bridgehead atoms. The Bertz CT molecular complexity index is 642. The second-order valence-corrected chi connectivity index (χ2v) is 5.67. The maximum atomic E-state index is 12.8. The van der Waals surface area contributed by atoms with Crippen molar-refractivity contribution in [3.05, 3.63) is 23.9 Å². The number of hydrogen-bond acceptors (Lipinski definition) is 5. The first-order valence-corrected chi connectivity index (χ1v) is 7.67. The van der Waals surface area contributed by atoms with Crippen molar-refractivity contribution in [3.8, 4) is 5.88 Å². The van der Waals surface area contributed by atoms with Gasteiger partial charge in [0.25, 0.3) is 5.91 Å². The maximum Gasteiger partial charge on any atom is 0.340 e. The highest BCUT2D eigenvalue weighted by Gasteiger charge is 2.41. The van der Waals surface area contributed by atoms with Gasteiger partial charge in [0.2, 0.25) is 11.8 Å². The zero-order valence-corrected chi connectivity index (χ0v) is 13.5. The summed E-state index contributed by atoms with van der Waals surface area (Å²) >= 11 is 0. The molecule has 1 aromatic heterocycles. The minimum absolute atomic E-state index is 0.113. The van der Waals surface area contributed by atoms with Gasteiger partial charge >= 0.3 is 12.3 Å². The predicted molar refractivity (Wildman–Crippen MR) is 80.1 cm³/mol. The van der Waals surface area contributed by atoms with Crippen LogP contribution in [0.2, 0.25) is 0 Å². The van der Waals surface area contributed by atoms with Crippen LogP contribution in [0.4, 0.5) is 17.6 Å². The number of pyridine rings is 1. The molecule has 2 heterocycles. The van der Waals surface area contributed by atoms with Gasteiger partial charge in [0.1, 0.15) is 6.10 Å². The summed E-state index contributed by atoms with van der Waals surface area (Å²) in [6.07, 6.45) is -2.75. The van der Waals surface area contributed by atoms with Gasteiger partial charge in [0.15, 0.2) is 6.61 Å². The third kappa shape index (κ3) is 5.28. The van der Waals surface area contributed by atoms with Crippen LogP contribution in [0.15, 0.2) is 18.3 Å². The fourth-order valence-electron chi connectivity index (χ4n) is 2.21. The van der Waals surface area contributed by atoms with E-state index < -0.39 is 36.9 Å². The summed E-state index contributed by atoms with van der Waals surface area (Å²) in [4.78, 5) is 26.6. The summed E-state index contributed by atoms with van der Waals surface area (Å²) in [6, 6.07) is 2.37. The Balaban J connectivity index is 1.80. The number of carbonyl (C=O) groups is 2. The van der Waals surface area contributed by atoms with Crippen LogP contribution in [0.1, 0.15) is 23.2 Å². The SMILES string of the molecule is NC(=O)[C@H]1CC[C@@H](CNC(=O)c2ccc(OCC(F)(F)C(F)F)nc2)O1. The molecule has 3 N–H and O–H groups in total. The molecule has 2 atom stereocenters. The number of aromatic nitrogens is 1. The summed E-state index contributed by atoms with van der Waals surface area (Å²) in [5, 5.41) is 2.57. The zero-order chi connectivity index (χ0) is 19.3. The van der Waals surface area contributed by atoms with Crippen molar-refractivity contribution in [2.75, 3.05) is 13.2 Å². The molecule has 2 rings (SSSR count). The van der Waals surface area contributed by atoms with Crippen LogP contribution in [0.5, 0.6) is 5.88 Å². The van der Waals surface area contributed by atoms with E-state index in [-0.39, 0.29) is 24.1 Å². The molecule has 0 saturated carbocycles. The van der Waals surface area contributed by atoms with E-state index in [1.54, 1.807) is 0 Å². The average molecular weight is 379 g/mol. The lowest BCUT2D eigenvalue weighted by molar-refractivity contribution is -0.148. The molecule has 1 aliphatic rings. The van der Waals surface area contributed by atoms with Crippen LogP contribution >= 0.6 is 0 Å². The van der Waals surface area contributed by atoms with Gasteiger partial charge in [-0.1, -0.05) is 0 Å². The molecule has 2 amide bonds. The molecule has 1 aromatic rings. The van der Waals surface area contributed by atoms with E-state index in [1.165, 1.54) is 6.07 Å². The molecule has 0 radical (unpaired) electrons. The van der Waals surface area contributed by atoms with Crippen LogP contribution in [0.3, 0.4) is 0 Å². The van der Waals surface area contributed by atoms with Gasteiger partial charge in [-0.3, -0.25) is 9.59 Å². The molecule has 7 nitrogen and oxygen atoms in total. The summed E-state index contributed by atoms with van der Waals surface area (Å²) in [5.41, 5.74) is 5.24. The van der Waals surface area contributed by atoms with Gasteiger partial charge in [-0.15, -0.1) is 0 Å². The van der Waals surface area contributed by atoms with E-state index in [2.05, 4.69) is 15.0 Å². The van der Waals surface area contributed by atoms with Crippen LogP contribution in [-0.2, 0) is 9.53 Å². The van der Waals surface area contributed by atoms with E-state index in [0.717, 1.165) is 12.3 Å². The Morgan fingerprint density at radius 2 is 2.12 bits per heavy atom. The van der Waals surface area contributed by atoms with Crippen molar-refractivity contribution in [1.29, 1.82) is 0 Å². The number of hydrogen-bond donors (Lipinski definition) is 2. The van der Waals surface area contributed by atoms with Crippen molar-refractivity contribution in [1.82, 2.24) is 10.3 Å². The fourth-order valence-corrected chi connectivity index (χ4v) is 2.21. The number of halogens is 4. The number of nitrogens with one attached hydrogen (secondary N) is 1. The average Bonchev–Trinajstić information content (AvgIpc) is 3.07. The molecule has 1 aliphatic heterocycles. The molecule has 1 fully saturated rings. The van der Waals surface area contributed by atoms with Crippen LogP contribution < -0.4 is 15.8 Å². The lowest BCUT2D eigenvalue weighted by atomic mass is 10.2. The third-order valence-electron chi connectivity index (χ3n) is 3.65. The first-order valence-electron chi connectivity index (χ1n) is 7.67. The minimum atomic E-state index is -4.29. The summed E-state index contributed by atoms with van der Waals surface area (Å²) in [5.74, 6) is -5.67. The maximum absolute atomic E-state index is 12.8. The number of alkyl halides is 4. The Morgan fingerprint density at radius 1 is 1.38 bits per heavy atom. The quantitative estimate of drug-likeness (QED) is 0.659. The monoisotopic (exact) mass is 379 g/mol. The number of amides is 2. The standard InChI is InChI=1S/C15H17F4N3O4/c16-14(17)15(18,19)7-25-11-4-1-8(5-21-11)13(24)22-6-9-2-3-10(26-9)12(20)23/h1,4-5,9-10,14H,2-3,6-7H2,(H2,20,23)(H,22,24)/t9-,10+/m0/s1. The zero-order valence-electron chi connectivity index (χ0n) is 13.5. The summed E-state index contributed by atoms with van der Waals surface area (Å²) in [6.45, 7) is -1.37. The van der Waals surface area contributed by atoms with Gasteiger partial charge in [0, 0.05) is 18.8 Å². The highest BCUT2D eigenvalue weighted by molar-refractivity contribution is 5.93. The molecule has 0 spiro atoms. The van der Waals surface area contributed by atoms with E-state index in [9.17, 15) is 27.2 Å². The molecular weight excluding hydrogens is 362 g/mol. The van der Waals surface area contributed by atoms with Crippen molar-refractivity contribution < 1.29 is 36.6 Å². The number of primary amides is 1. The van der Waals surface area contributed by atoms with Gasteiger partial charge in [-0.25, -0.2) is 13.8 Å². The Morgan fingerprint density at radius 3 is 2.65 bits per heavy atom. The molecule has 0 aliphatic carbocycles. The van der Waals surface area contributed by atoms with E-state index in [1.807, 2.05) is 0 Å². The fraction of sp³-hybridized carbons (Fsp3) is 0.533. The van der Waals surface area contributed by atoms with Gasteiger partial charge in [0.05, 0.1) is 11.7 Å². The highest BCUT2D eigenvalue weighted by Crippen LogP contribution is 2.23. The van der Waals surface area contributed by atoms with Crippen LogP contribution in [-0.4, -0.2) is 54.5 Å². The second-order valence-electron chi connectivity index (χ2n) is 5.67. The first-order chi connectivity index (χ1) is 12.2. The van der Waals surface area contributed by atoms with Crippen molar-refractivity contribution in [2.24, 2.45) is 5.73 Å². The van der Waals surface area contributed by atoms with Gasteiger partial charge in [-0.2, -0.15) is 8.78 Å². The van der Waals surface area contributed by atoms with Gasteiger partial charge in [-0.05, 0) is 18.9 Å². The van der Waals surface area contributed by atoms with Gasteiger partial charge < -0.3 is 20.5 Å². The normalized spacial score (nSPS) is 20.2. The lowest BCUT2D eigenvalue weighted by Gasteiger charge is -2.15. The van der Waals surface area contributed by atoms with Crippen molar-refractivity contribution in [3.63, 3.8) is 0 Å². The Hall–Kier alpha value is -2.43. The molecule has 26 heavy (non-hydrogen) atoms. The lowest BCUT2D eigenvalue weighted by Crippen LogP contribution is -2.34. The number of carbonyl (C=O) groups excluding carboxylic acids is 2. The number of ether oxygens (including phenoxy) is 2. The Kier molecular flexibility index (Phi) is 6.35. The predicted octanol–water partition coefficient (Wildman–Crippen LogP) is 1.12. The first kappa shape index (κ1) is 19.9. The third-order valence-corrected chi connectivity index (χ3v) is 3.65. The molecule has 11 heteroatoms. The second kappa shape index (κ2) is 8.30. The molecule has 0 aromatic carbocycles. The number of rotatable bonds is 8. The summed E-state index contributed by atoms with van der Waals surface area (Å²) < 4.78 is 59.4. The van der Waals surface area contributed by atoms with Crippen molar-refractivity contribution in [2.45, 2.75) is 37.4 Å². The van der Waals surface area contributed by atoms with Crippen LogP contribution in [0, 0.1) is 0 Å². The van der Waals surface area contributed by atoms with E-state index in [4.69, 9.17) is 10.5 Å². The Labute approximate surface area is 145 Å². The molecule has 1 saturated heterocycles. The van der Waals surface area contributed by atoms with E-state index >= 15 is 0 Å². The highest BCUT2D eigenvalue weighted by atomic mass is 19.3. The van der Waals surface area contributed by atoms with E-state index in [0.29, 0.717) is 12.8 Å². The summed E-state index contributed by atoms with van der Waals surface area (Å²) in [7, 11) is 0. The number of nitrogens with zero attached hydrogens (tertiary/aromatic N) is 1. The van der Waals surface area contributed by atoms with Crippen molar-refractivity contribution >= 4 is 11.8 Å². The number of nitrogens with two attached hydrogens (primary N) is 1. The van der Waals surface area contributed by atoms with Crippen LogP contribution in [0.25, 0.3) is 0 Å². The largest absolute Gasteiger partial charge is 0.471 e. The topological polar surface area (TPSA) is 104 Å². The molecule has 144 valence electrons. The molecular formula is C15H17F4N3O4. The minimum Gasteiger partial charge on any atom is -0.471 e. The smallest absolute Gasteiger partial charge is 0.340 e.